The number of amides is 1. The summed E-state index contributed by atoms with van der Waals surface area (Å²) >= 11 is 1.73. The van der Waals surface area contributed by atoms with Crippen molar-refractivity contribution in [1.29, 1.82) is 0 Å². The summed E-state index contributed by atoms with van der Waals surface area (Å²) in [5.74, 6) is 0.0997. The van der Waals surface area contributed by atoms with Gasteiger partial charge in [0.1, 0.15) is 5.69 Å². The van der Waals surface area contributed by atoms with E-state index < -0.39 is 0 Å². The summed E-state index contributed by atoms with van der Waals surface area (Å²) in [6, 6.07) is 8.58. The summed E-state index contributed by atoms with van der Waals surface area (Å²) in [5.41, 5.74) is 4.24. The van der Waals surface area contributed by atoms with Crippen LogP contribution in [-0.4, -0.2) is 32.9 Å². The molecule has 1 heterocycles. The number of thioether (sulfide) groups is 1. The highest BCUT2D eigenvalue weighted by molar-refractivity contribution is 7.98. The van der Waals surface area contributed by atoms with E-state index in [-0.39, 0.29) is 11.9 Å². The highest BCUT2D eigenvalue weighted by Crippen LogP contribution is 2.26. The summed E-state index contributed by atoms with van der Waals surface area (Å²) < 4.78 is 1.80. The Kier molecular flexibility index (Phi) is 5.52. The number of aromatic nitrogens is 2. The van der Waals surface area contributed by atoms with Crippen molar-refractivity contribution in [3.8, 4) is 0 Å². The van der Waals surface area contributed by atoms with E-state index in [2.05, 4.69) is 49.5 Å². The molecule has 0 spiro atoms. The Morgan fingerprint density at radius 2 is 2.08 bits per heavy atom. The first-order valence-electron chi connectivity index (χ1n) is 9.00. The Labute approximate surface area is 154 Å². The zero-order chi connectivity index (χ0) is 18.0. The molecule has 25 heavy (non-hydrogen) atoms. The number of rotatable bonds is 5. The maximum atomic E-state index is 13.4. The highest BCUT2D eigenvalue weighted by Gasteiger charge is 2.28. The quantitative estimate of drug-likeness (QED) is 0.757. The largest absolute Gasteiger partial charge is 0.331 e. The lowest BCUT2D eigenvalue weighted by Gasteiger charge is -2.28. The molecular formula is C20H27N3OS. The highest BCUT2D eigenvalue weighted by atomic mass is 32.2. The van der Waals surface area contributed by atoms with Gasteiger partial charge in [-0.3, -0.25) is 9.48 Å². The molecule has 0 unspecified atom stereocenters. The number of hydrogen-bond donors (Lipinski definition) is 0. The maximum Gasteiger partial charge on any atom is 0.272 e. The molecule has 0 N–H and O–H groups in total. The topological polar surface area (TPSA) is 38.1 Å². The van der Waals surface area contributed by atoms with Crippen LogP contribution in [0, 0.1) is 0 Å². The minimum absolute atomic E-state index is 0.0997. The SMILES string of the molecule is CSc1cccc(CN(C(=O)c2c3c(nn2C)CCCC3)C(C)C)c1. The first-order valence-corrected chi connectivity index (χ1v) is 10.2. The molecule has 2 aromatic rings. The van der Waals surface area contributed by atoms with E-state index in [0.717, 1.165) is 30.7 Å². The van der Waals surface area contributed by atoms with Crippen LogP contribution in [0.4, 0.5) is 0 Å². The lowest BCUT2D eigenvalue weighted by atomic mass is 9.95. The molecule has 0 atom stereocenters. The van der Waals surface area contributed by atoms with Crippen LogP contribution < -0.4 is 0 Å². The molecule has 134 valence electrons. The number of fused-ring (bicyclic) bond motifs is 1. The summed E-state index contributed by atoms with van der Waals surface area (Å²) in [7, 11) is 1.90. The standard InChI is InChI=1S/C20H27N3OS/c1-14(2)23(13-15-8-7-9-16(12-15)25-4)20(24)19-17-10-5-6-11-18(17)21-22(19)3/h7-9,12,14H,5-6,10-11,13H2,1-4H3. The molecule has 0 fully saturated rings. The van der Waals surface area contributed by atoms with E-state index in [1.165, 1.54) is 22.4 Å². The number of nitrogens with zero attached hydrogens (tertiary/aromatic N) is 3. The molecule has 1 aliphatic carbocycles. The molecule has 3 rings (SSSR count). The Morgan fingerprint density at radius 3 is 2.80 bits per heavy atom. The first kappa shape index (κ1) is 18.1. The summed E-state index contributed by atoms with van der Waals surface area (Å²) in [6.07, 6.45) is 6.36. The molecule has 0 saturated carbocycles. The van der Waals surface area contributed by atoms with Crippen molar-refractivity contribution in [3.05, 3.63) is 46.8 Å². The zero-order valence-electron chi connectivity index (χ0n) is 15.6. The lowest BCUT2D eigenvalue weighted by Crippen LogP contribution is -2.38. The van der Waals surface area contributed by atoms with E-state index >= 15 is 0 Å². The molecule has 0 bridgehead atoms. The fraction of sp³-hybridized carbons (Fsp3) is 0.500. The number of benzene rings is 1. The van der Waals surface area contributed by atoms with E-state index in [1.54, 1.807) is 16.4 Å². The van der Waals surface area contributed by atoms with Crippen LogP contribution in [0.1, 0.15) is 54.0 Å². The van der Waals surface area contributed by atoms with Gasteiger partial charge in [0, 0.05) is 30.1 Å². The van der Waals surface area contributed by atoms with Gasteiger partial charge in [0.15, 0.2) is 0 Å². The van der Waals surface area contributed by atoms with E-state index in [4.69, 9.17) is 0 Å². The Bertz CT molecular complexity index is 766. The molecular weight excluding hydrogens is 330 g/mol. The van der Waals surface area contributed by atoms with Gasteiger partial charge in [0.2, 0.25) is 0 Å². The van der Waals surface area contributed by atoms with Gasteiger partial charge in [0.05, 0.1) is 5.69 Å². The third-order valence-electron chi connectivity index (χ3n) is 4.89. The number of hydrogen-bond acceptors (Lipinski definition) is 3. The maximum absolute atomic E-state index is 13.4. The molecule has 5 heteroatoms. The third kappa shape index (κ3) is 3.76. The van der Waals surface area contributed by atoms with Crippen LogP contribution in [0.3, 0.4) is 0 Å². The molecule has 1 aromatic carbocycles. The van der Waals surface area contributed by atoms with Crippen molar-refractivity contribution >= 4 is 17.7 Å². The van der Waals surface area contributed by atoms with Crippen LogP contribution in [0.2, 0.25) is 0 Å². The van der Waals surface area contributed by atoms with Gasteiger partial charge >= 0.3 is 0 Å². The van der Waals surface area contributed by atoms with Crippen molar-refractivity contribution in [2.45, 2.75) is 57.0 Å². The van der Waals surface area contributed by atoms with Crippen molar-refractivity contribution in [1.82, 2.24) is 14.7 Å². The second-order valence-corrected chi connectivity index (χ2v) is 7.86. The second kappa shape index (κ2) is 7.65. The normalized spacial score (nSPS) is 13.8. The lowest BCUT2D eigenvalue weighted by molar-refractivity contribution is 0.0677. The van der Waals surface area contributed by atoms with E-state index in [0.29, 0.717) is 6.54 Å². The Balaban J connectivity index is 1.90. The molecule has 0 aliphatic heterocycles. The monoisotopic (exact) mass is 357 g/mol. The van der Waals surface area contributed by atoms with Gasteiger partial charge in [-0.05, 0) is 63.5 Å². The summed E-state index contributed by atoms with van der Waals surface area (Å²) in [4.78, 5) is 16.6. The van der Waals surface area contributed by atoms with Gasteiger partial charge in [-0.15, -0.1) is 11.8 Å². The van der Waals surface area contributed by atoms with E-state index in [1.807, 2.05) is 11.9 Å². The van der Waals surface area contributed by atoms with Crippen LogP contribution >= 0.6 is 11.8 Å². The number of carbonyl (C=O) groups is 1. The van der Waals surface area contributed by atoms with Crippen LogP contribution in [0.25, 0.3) is 0 Å². The average Bonchev–Trinajstić information content (AvgIpc) is 2.94. The minimum Gasteiger partial charge on any atom is -0.331 e. The van der Waals surface area contributed by atoms with Crippen molar-refractivity contribution in [2.24, 2.45) is 7.05 Å². The minimum atomic E-state index is 0.0997. The summed E-state index contributed by atoms with van der Waals surface area (Å²) in [6.45, 7) is 4.79. The van der Waals surface area contributed by atoms with Crippen LogP contribution in [-0.2, 0) is 26.4 Å². The van der Waals surface area contributed by atoms with Gasteiger partial charge < -0.3 is 4.90 Å². The van der Waals surface area contributed by atoms with Gasteiger partial charge in [-0.1, -0.05) is 12.1 Å². The Morgan fingerprint density at radius 1 is 1.32 bits per heavy atom. The predicted molar refractivity (Wildman–Crippen MR) is 103 cm³/mol. The van der Waals surface area contributed by atoms with Crippen LogP contribution in [0.15, 0.2) is 29.2 Å². The Hall–Kier alpha value is -1.75. The predicted octanol–water partition coefficient (Wildman–Crippen LogP) is 4.07. The molecule has 4 nitrogen and oxygen atoms in total. The van der Waals surface area contributed by atoms with Crippen molar-refractivity contribution in [3.63, 3.8) is 0 Å². The third-order valence-corrected chi connectivity index (χ3v) is 5.62. The van der Waals surface area contributed by atoms with Gasteiger partial charge in [0.25, 0.3) is 5.91 Å². The first-order chi connectivity index (χ1) is 12.0. The van der Waals surface area contributed by atoms with Gasteiger partial charge in [-0.2, -0.15) is 5.10 Å². The zero-order valence-corrected chi connectivity index (χ0v) is 16.4. The molecule has 1 aliphatic rings. The molecule has 0 saturated heterocycles. The molecule has 1 amide bonds. The van der Waals surface area contributed by atoms with Crippen molar-refractivity contribution < 1.29 is 4.79 Å². The van der Waals surface area contributed by atoms with Crippen LogP contribution in [0.5, 0.6) is 0 Å². The smallest absolute Gasteiger partial charge is 0.272 e. The fourth-order valence-corrected chi connectivity index (χ4v) is 4.03. The number of carbonyl (C=O) groups excluding carboxylic acids is 1. The molecule has 0 radical (unpaired) electrons. The number of aryl methyl sites for hydroxylation is 2. The average molecular weight is 358 g/mol. The van der Waals surface area contributed by atoms with Crippen molar-refractivity contribution in [2.75, 3.05) is 6.26 Å². The second-order valence-electron chi connectivity index (χ2n) is 6.98. The fourth-order valence-electron chi connectivity index (χ4n) is 3.54. The molecule has 1 aromatic heterocycles. The summed E-state index contributed by atoms with van der Waals surface area (Å²) in [5, 5.41) is 4.61. The van der Waals surface area contributed by atoms with Gasteiger partial charge in [-0.25, -0.2) is 0 Å². The van der Waals surface area contributed by atoms with E-state index in [9.17, 15) is 4.79 Å².